The smallest absolute Gasteiger partial charge is 0.261 e. The van der Waals surface area contributed by atoms with Crippen molar-refractivity contribution >= 4 is 27.3 Å². The summed E-state index contributed by atoms with van der Waals surface area (Å²) in [7, 11) is 1.61. The Kier molecular flexibility index (Phi) is 6.74. The number of carbonyl (C=O) groups excluding carboxylic acids is 1. The van der Waals surface area contributed by atoms with E-state index in [2.05, 4.69) is 10.2 Å². The summed E-state index contributed by atoms with van der Waals surface area (Å²) in [6, 6.07) is 14.9. The highest BCUT2D eigenvalue weighted by atomic mass is 32.1. The Hall–Kier alpha value is -2.32. The van der Waals surface area contributed by atoms with Crippen molar-refractivity contribution in [2.75, 3.05) is 40.0 Å². The van der Waals surface area contributed by atoms with Crippen molar-refractivity contribution in [2.45, 2.75) is 12.6 Å². The Morgan fingerprint density at radius 3 is 2.90 bits per heavy atom. The van der Waals surface area contributed by atoms with Crippen LogP contribution >= 0.6 is 11.3 Å². The summed E-state index contributed by atoms with van der Waals surface area (Å²) in [5.41, 5.74) is 1.59. The number of benzene rings is 2. The van der Waals surface area contributed by atoms with Crippen LogP contribution in [-0.4, -0.2) is 50.8 Å². The molecule has 3 aromatic rings. The van der Waals surface area contributed by atoms with Crippen molar-refractivity contribution in [2.24, 2.45) is 0 Å². The maximum atomic E-state index is 14.1. The van der Waals surface area contributed by atoms with Crippen LogP contribution in [0, 0.1) is 5.82 Å². The van der Waals surface area contributed by atoms with Crippen LogP contribution < -0.4 is 5.32 Å². The summed E-state index contributed by atoms with van der Waals surface area (Å²) in [5, 5.41) is 3.97. The highest BCUT2D eigenvalue weighted by Gasteiger charge is 2.30. The number of fused-ring (bicyclic) bond motifs is 1. The Balaban J connectivity index is 1.60. The van der Waals surface area contributed by atoms with Crippen molar-refractivity contribution in [1.29, 1.82) is 0 Å². The number of nitrogens with one attached hydrogen (secondary N) is 1. The molecule has 4 rings (SSSR count). The van der Waals surface area contributed by atoms with Gasteiger partial charge in [0.05, 0.1) is 24.2 Å². The van der Waals surface area contributed by atoms with E-state index in [1.165, 1.54) is 17.4 Å². The van der Waals surface area contributed by atoms with Gasteiger partial charge in [-0.1, -0.05) is 36.4 Å². The van der Waals surface area contributed by atoms with Crippen LogP contribution in [0.2, 0.25) is 0 Å². The Morgan fingerprint density at radius 2 is 2.07 bits per heavy atom. The average Bonchev–Trinajstić information content (AvgIpc) is 3.15. The third-order valence-electron chi connectivity index (χ3n) is 5.26. The highest BCUT2D eigenvalue weighted by Crippen LogP contribution is 2.38. The first-order valence-electron chi connectivity index (χ1n) is 10.0. The van der Waals surface area contributed by atoms with E-state index in [9.17, 15) is 9.18 Å². The van der Waals surface area contributed by atoms with Gasteiger partial charge in [-0.2, -0.15) is 0 Å². The SMILES string of the molecule is COCCNC(=O)c1sc2ccccc2c1[C@@H]1CN(Cc2ccccc2F)CCO1. The van der Waals surface area contributed by atoms with E-state index in [4.69, 9.17) is 9.47 Å². The lowest BCUT2D eigenvalue weighted by atomic mass is 10.0. The maximum absolute atomic E-state index is 14.1. The minimum atomic E-state index is -0.246. The number of methoxy groups -OCH3 is 1. The van der Waals surface area contributed by atoms with Crippen LogP contribution in [0.25, 0.3) is 10.1 Å². The zero-order valence-electron chi connectivity index (χ0n) is 16.9. The molecule has 0 unspecified atom stereocenters. The van der Waals surface area contributed by atoms with Gasteiger partial charge in [-0.05, 0) is 17.5 Å². The second-order valence-corrected chi connectivity index (χ2v) is 8.33. The van der Waals surface area contributed by atoms with Crippen molar-refractivity contribution < 1.29 is 18.7 Å². The van der Waals surface area contributed by atoms with Gasteiger partial charge in [0.25, 0.3) is 5.91 Å². The van der Waals surface area contributed by atoms with Crippen LogP contribution in [0.15, 0.2) is 48.5 Å². The minimum absolute atomic E-state index is 0.113. The molecule has 0 radical (unpaired) electrons. The molecule has 1 N–H and O–H groups in total. The van der Waals surface area contributed by atoms with Gasteiger partial charge in [-0.3, -0.25) is 9.69 Å². The fourth-order valence-electron chi connectivity index (χ4n) is 3.79. The molecule has 1 atom stereocenters. The normalized spacial score (nSPS) is 17.3. The van der Waals surface area contributed by atoms with Gasteiger partial charge in [-0.25, -0.2) is 4.39 Å². The van der Waals surface area contributed by atoms with Crippen LogP contribution in [0.3, 0.4) is 0 Å². The number of thiophene rings is 1. The molecule has 2 heterocycles. The van der Waals surface area contributed by atoms with E-state index >= 15 is 0 Å². The van der Waals surface area contributed by atoms with E-state index in [-0.39, 0.29) is 17.8 Å². The second-order valence-electron chi connectivity index (χ2n) is 7.28. The molecule has 7 heteroatoms. The molecule has 2 aromatic carbocycles. The minimum Gasteiger partial charge on any atom is -0.383 e. The van der Waals surface area contributed by atoms with Crippen molar-refractivity contribution in [3.8, 4) is 0 Å². The van der Waals surface area contributed by atoms with Crippen LogP contribution in [0.1, 0.15) is 26.9 Å². The largest absolute Gasteiger partial charge is 0.383 e. The molecule has 0 bridgehead atoms. The summed E-state index contributed by atoms with van der Waals surface area (Å²) in [6.07, 6.45) is -0.246. The molecule has 1 aliphatic rings. The predicted octanol–water partition coefficient (Wildman–Crippen LogP) is 3.99. The molecule has 0 spiro atoms. The van der Waals surface area contributed by atoms with Crippen LogP contribution in [-0.2, 0) is 16.0 Å². The zero-order valence-corrected chi connectivity index (χ0v) is 17.7. The lowest BCUT2D eigenvalue weighted by Crippen LogP contribution is -2.38. The Labute approximate surface area is 179 Å². The molecule has 5 nitrogen and oxygen atoms in total. The van der Waals surface area contributed by atoms with Gasteiger partial charge in [0.1, 0.15) is 5.82 Å². The van der Waals surface area contributed by atoms with E-state index in [0.717, 1.165) is 22.2 Å². The van der Waals surface area contributed by atoms with Crippen molar-refractivity contribution in [1.82, 2.24) is 10.2 Å². The highest BCUT2D eigenvalue weighted by molar-refractivity contribution is 7.21. The predicted molar refractivity (Wildman–Crippen MR) is 116 cm³/mol. The summed E-state index contributed by atoms with van der Waals surface area (Å²) in [6.45, 7) is 3.30. The Morgan fingerprint density at radius 1 is 1.27 bits per heavy atom. The first-order valence-corrected chi connectivity index (χ1v) is 10.8. The molecular formula is C23H25FN2O3S. The third kappa shape index (κ3) is 4.54. The second kappa shape index (κ2) is 9.66. The summed E-state index contributed by atoms with van der Waals surface area (Å²) >= 11 is 1.48. The first kappa shape index (κ1) is 20.9. The number of rotatable bonds is 7. The number of morpholine rings is 1. The monoisotopic (exact) mass is 428 g/mol. The van der Waals surface area contributed by atoms with Gasteiger partial charge in [0, 0.05) is 49.1 Å². The van der Waals surface area contributed by atoms with Gasteiger partial charge in [0.2, 0.25) is 0 Å². The zero-order chi connectivity index (χ0) is 20.9. The number of carbonyl (C=O) groups is 1. The molecule has 0 saturated carbocycles. The molecule has 1 fully saturated rings. The first-order chi connectivity index (χ1) is 14.7. The molecule has 1 saturated heterocycles. The fraction of sp³-hybridized carbons (Fsp3) is 0.348. The maximum Gasteiger partial charge on any atom is 0.261 e. The number of nitrogens with zero attached hydrogens (tertiary/aromatic N) is 1. The van der Waals surface area contributed by atoms with E-state index in [1.54, 1.807) is 13.2 Å². The fourth-order valence-corrected chi connectivity index (χ4v) is 4.96. The summed E-state index contributed by atoms with van der Waals surface area (Å²) in [5.74, 6) is -0.308. The lowest BCUT2D eigenvalue weighted by molar-refractivity contribution is -0.0326. The molecule has 158 valence electrons. The number of hydrogen-bond donors (Lipinski definition) is 1. The van der Waals surface area contributed by atoms with E-state index in [1.807, 2.05) is 36.4 Å². The van der Waals surface area contributed by atoms with Crippen molar-refractivity contribution in [3.05, 3.63) is 70.4 Å². The number of halogens is 1. The summed E-state index contributed by atoms with van der Waals surface area (Å²) < 4.78 is 26.3. The third-order valence-corrected chi connectivity index (χ3v) is 6.44. The quantitative estimate of drug-likeness (QED) is 0.578. The molecule has 0 aliphatic carbocycles. The lowest BCUT2D eigenvalue weighted by Gasteiger charge is -2.33. The van der Waals surface area contributed by atoms with Crippen LogP contribution in [0.4, 0.5) is 4.39 Å². The van der Waals surface area contributed by atoms with E-state index in [0.29, 0.717) is 43.3 Å². The van der Waals surface area contributed by atoms with Crippen LogP contribution in [0.5, 0.6) is 0 Å². The van der Waals surface area contributed by atoms with E-state index < -0.39 is 0 Å². The van der Waals surface area contributed by atoms with Gasteiger partial charge < -0.3 is 14.8 Å². The molecular weight excluding hydrogens is 403 g/mol. The average molecular weight is 429 g/mol. The molecule has 1 aliphatic heterocycles. The van der Waals surface area contributed by atoms with Gasteiger partial charge in [-0.15, -0.1) is 11.3 Å². The van der Waals surface area contributed by atoms with Gasteiger partial charge in [0.15, 0.2) is 0 Å². The number of hydrogen-bond acceptors (Lipinski definition) is 5. The van der Waals surface area contributed by atoms with Gasteiger partial charge >= 0.3 is 0 Å². The molecule has 1 aromatic heterocycles. The Bertz CT molecular complexity index is 1020. The number of ether oxygens (including phenoxy) is 2. The summed E-state index contributed by atoms with van der Waals surface area (Å²) in [4.78, 5) is 15.8. The molecule has 1 amide bonds. The van der Waals surface area contributed by atoms with Crippen molar-refractivity contribution in [3.63, 3.8) is 0 Å². The number of amides is 1. The molecule has 30 heavy (non-hydrogen) atoms. The standard InChI is InChI=1S/C23H25FN2O3S/c1-28-12-10-25-23(27)22-21(17-7-3-5-9-20(17)30-22)19-15-26(11-13-29-19)14-16-6-2-4-8-18(16)24/h2-9,19H,10-15H2,1H3,(H,25,27)/t19-/m0/s1. The topological polar surface area (TPSA) is 50.8 Å².